The van der Waals surface area contributed by atoms with Gasteiger partial charge >= 0.3 is 5.97 Å². The van der Waals surface area contributed by atoms with Gasteiger partial charge in [0.1, 0.15) is 0 Å². The average Bonchev–Trinajstić information content (AvgIpc) is 3.05. The molecule has 24 heavy (non-hydrogen) atoms. The fourth-order valence-corrected chi connectivity index (χ4v) is 4.31. The number of hydrogen-bond donors (Lipinski definition) is 1. The molecule has 0 atom stereocenters. The highest BCUT2D eigenvalue weighted by atomic mass is 32.1. The van der Waals surface area contributed by atoms with E-state index < -0.39 is 10.9 Å². The molecule has 1 aliphatic carbocycles. The van der Waals surface area contributed by atoms with Crippen molar-refractivity contribution in [1.29, 1.82) is 0 Å². The zero-order valence-corrected chi connectivity index (χ0v) is 13.9. The van der Waals surface area contributed by atoms with Gasteiger partial charge in [-0.15, -0.1) is 11.3 Å². The maximum Gasteiger partial charge on any atom is 0.303 e. The Morgan fingerprint density at radius 1 is 1.25 bits per heavy atom. The maximum atomic E-state index is 10.8. The van der Waals surface area contributed by atoms with Gasteiger partial charge in [0.2, 0.25) is 0 Å². The predicted molar refractivity (Wildman–Crippen MR) is 91.2 cm³/mol. The minimum absolute atomic E-state index is 0.0836. The highest BCUT2D eigenvalue weighted by molar-refractivity contribution is 7.15. The van der Waals surface area contributed by atoms with E-state index in [9.17, 15) is 14.9 Å². The standard InChI is InChI=1S/C17H18N2O4S/c20-16(21)9-11-1-3-13(4-2-11)17-18-10-15(24-17)12-5-7-14(8-6-12)19(22)23/h5-8,10-11,13H,1-4,9H2,(H,20,21). The van der Waals surface area contributed by atoms with Crippen LogP contribution >= 0.6 is 11.3 Å². The van der Waals surface area contributed by atoms with E-state index in [1.54, 1.807) is 23.5 Å². The normalized spacial score (nSPS) is 20.7. The van der Waals surface area contributed by atoms with E-state index in [4.69, 9.17) is 5.11 Å². The molecule has 0 bridgehead atoms. The van der Waals surface area contributed by atoms with E-state index in [0.717, 1.165) is 41.1 Å². The van der Waals surface area contributed by atoms with E-state index in [-0.39, 0.29) is 18.0 Å². The van der Waals surface area contributed by atoms with Crippen LogP contribution in [0.25, 0.3) is 10.4 Å². The van der Waals surface area contributed by atoms with E-state index in [2.05, 4.69) is 4.98 Å². The largest absolute Gasteiger partial charge is 0.481 e. The molecule has 3 rings (SSSR count). The van der Waals surface area contributed by atoms with Gasteiger partial charge in [0.05, 0.1) is 14.8 Å². The Bertz CT molecular complexity index is 733. The fourth-order valence-electron chi connectivity index (χ4n) is 3.22. The van der Waals surface area contributed by atoms with Gasteiger partial charge in [0.25, 0.3) is 5.69 Å². The molecule has 1 fully saturated rings. The average molecular weight is 346 g/mol. The molecule has 7 heteroatoms. The van der Waals surface area contributed by atoms with Crippen LogP contribution in [0.3, 0.4) is 0 Å². The van der Waals surface area contributed by atoms with Crippen LogP contribution < -0.4 is 0 Å². The maximum absolute atomic E-state index is 10.8. The predicted octanol–water partition coefficient (Wildman–Crippen LogP) is 4.47. The number of aliphatic carboxylic acids is 1. The molecule has 126 valence electrons. The lowest BCUT2D eigenvalue weighted by atomic mass is 9.81. The van der Waals surface area contributed by atoms with E-state index in [1.165, 1.54) is 12.1 Å². The molecule has 0 aliphatic heterocycles. The zero-order chi connectivity index (χ0) is 17.1. The summed E-state index contributed by atoms with van der Waals surface area (Å²) in [5, 5.41) is 20.7. The van der Waals surface area contributed by atoms with Crippen molar-refractivity contribution < 1.29 is 14.8 Å². The molecule has 1 aliphatic rings. The van der Waals surface area contributed by atoms with Gasteiger partial charge in [-0.1, -0.05) is 0 Å². The van der Waals surface area contributed by atoms with Crippen molar-refractivity contribution in [2.45, 2.75) is 38.0 Å². The third-order valence-electron chi connectivity index (χ3n) is 4.55. The highest BCUT2D eigenvalue weighted by Crippen LogP contribution is 2.40. The third kappa shape index (κ3) is 3.79. The summed E-state index contributed by atoms with van der Waals surface area (Å²) in [6.45, 7) is 0. The molecule has 2 aromatic rings. The van der Waals surface area contributed by atoms with Gasteiger partial charge in [0.15, 0.2) is 0 Å². The summed E-state index contributed by atoms with van der Waals surface area (Å²) in [7, 11) is 0. The second kappa shape index (κ2) is 7.09. The lowest BCUT2D eigenvalue weighted by Gasteiger charge is -2.26. The Hall–Kier alpha value is -2.28. The smallest absolute Gasteiger partial charge is 0.303 e. The Balaban J connectivity index is 1.65. The molecule has 1 aromatic heterocycles. The van der Waals surface area contributed by atoms with Crippen molar-refractivity contribution in [2.24, 2.45) is 5.92 Å². The first-order chi connectivity index (χ1) is 11.5. The summed E-state index contributed by atoms with van der Waals surface area (Å²) in [5.41, 5.74) is 1.02. The Morgan fingerprint density at radius 3 is 2.50 bits per heavy atom. The van der Waals surface area contributed by atoms with Crippen LogP contribution in [0.4, 0.5) is 5.69 Å². The minimum Gasteiger partial charge on any atom is -0.481 e. The summed E-state index contributed by atoms with van der Waals surface area (Å²) in [4.78, 5) is 26.6. The Morgan fingerprint density at radius 2 is 1.92 bits per heavy atom. The van der Waals surface area contributed by atoms with Crippen molar-refractivity contribution in [2.75, 3.05) is 0 Å². The summed E-state index contributed by atoms with van der Waals surface area (Å²) < 4.78 is 0. The van der Waals surface area contributed by atoms with Gasteiger partial charge in [-0.25, -0.2) is 4.98 Å². The number of non-ortho nitro benzene ring substituents is 1. The number of carboxylic acid groups (broad SMARTS) is 1. The van der Waals surface area contributed by atoms with Crippen LogP contribution in [-0.4, -0.2) is 21.0 Å². The first kappa shape index (κ1) is 16.6. The number of thiazole rings is 1. The van der Waals surface area contributed by atoms with Crippen LogP contribution in [0.1, 0.15) is 43.0 Å². The molecule has 0 unspecified atom stereocenters. The number of carboxylic acids is 1. The molecular weight excluding hydrogens is 328 g/mol. The molecular formula is C17H18N2O4S. The third-order valence-corrected chi connectivity index (χ3v) is 5.75. The van der Waals surface area contributed by atoms with Crippen molar-refractivity contribution in [3.8, 4) is 10.4 Å². The van der Waals surface area contributed by atoms with E-state index >= 15 is 0 Å². The first-order valence-corrected chi connectivity index (χ1v) is 8.77. The van der Waals surface area contributed by atoms with Gasteiger partial charge in [-0.2, -0.15) is 0 Å². The zero-order valence-electron chi connectivity index (χ0n) is 13.1. The van der Waals surface area contributed by atoms with E-state index in [1.807, 2.05) is 6.20 Å². The molecule has 0 spiro atoms. The quantitative estimate of drug-likeness (QED) is 0.637. The topological polar surface area (TPSA) is 93.3 Å². The fraction of sp³-hybridized carbons (Fsp3) is 0.412. The number of nitro groups is 1. The van der Waals surface area contributed by atoms with Crippen molar-refractivity contribution in [3.63, 3.8) is 0 Å². The van der Waals surface area contributed by atoms with Crippen molar-refractivity contribution in [1.82, 2.24) is 4.98 Å². The lowest BCUT2D eigenvalue weighted by molar-refractivity contribution is -0.384. The molecule has 1 N–H and O–H groups in total. The van der Waals surface area contributed by atoms with Crippen LogP contribution in [0.5, 0.6) is 0 Å². The molecule has 0 amide bonds. The van der Waals surface area contributed by atoms with Crippen molar-refractivity contribution in [3.05, 3.63) is 45.6 Å². The second-order valence-electron chi connectivity index (χ2n) is 6.18. The minimum atomic E-state index is -0.715. The lowest BCUT2D eigenvalue weighted by Crippen LogP contribution is -2.16. The number of aromatic nitrogens is 1. The number of nitro benzene ring substituents is 1. The number of benzene rings is 1. The Kier molecular flexibility index (Phi) is 4.89. The van der Waals surface area contributed by atoms with Crippen LogP contribution in [-0.2, 0) is 4.79 Å². The summed E-state index contributed by atoms with van der Waals surface area (Å²) in [6.07, 6.45) is 5.91. The summed E-state index contributed by atoms with van der Waals surface area (Å²) >= 11 is 1.62. The number of rotatable bonds is 5. The summed E-state index contributed by atoms with van der Waals surface area (Å²) in [5.74, 6) is -0.0344. The first-order valence-electron chi connectivity index (χ1n) is 7.95. The number of nitrogens with zero attached hydrogens (tertiary/aromatic N) is 2. The molecule has 1 heterocycles. The Labute approximate surface area is 143 Å². The second-order valence-corrected chi connectivity index (χ2v) is 7.24. The molecule has 1 saturated carbocycles. The van der Waals surface area contributed by atoms with E-state index in [0.29, 0.717) is 5.92 Å². The van der Waals surface area contributed by atoms with Crippen LogP contribution in [0.2, 0.25) is 0 Å². The summed E-state index contributed by atoms with van der Waals surface area (Å²) in [6, 6.07) is 6.51. The number of carbonyl (C=O) groups is 1. The van der Waals surface area contributed by atoms with Crippen molar-refractivity contribution >= 4 is 23.0 Å². The van der Waals surface area contributed by atoms with Crippen LogP contribution in [0, 0.1) is 16.0 Å². The van der Waals surface area contributed by atoms with Gasteiger partial charge in [0, 0.05) is 30.7 Å². The van der Waals surface area contributed by atoms with Gasteiger partial charge in [-0.05, 0) is 49.3 Å². The SMILES string of the molecule is O=C(O)CC1CCC(c2ncc(-c3ccc([N+](=O)[O-])cc3)s2)CC1. The van der Waals surface area contributed by atoms with Gasteiger partial charge in [-0.3, -0.25) is 14.9 Å². The molecule has 0 saturated heterocycles. The molecule has 6 nitrogen and oxygen atoms in total. The monoisotopic (exact) mass is 346 g/mol. The number of hydrogen-bond acceptors (Lipinski definition) is 5. The molecule has 1 aromatic carbocycles. The molecule has 0 radical (unpaired) electrons. The van der Waals surface area contributed by atoms with Crippen LogP contribution in [0.15, 0.2) is 30.5 Å². The highest BCUT2D eigenvalue weighted by Gasteiger charge is 2.25. The van der Waals surface area contributed by atoms with Gasteiger partial charge < -0.3 is 5.11 Å².